The Morgan fingerprint density at radius 1 is 0.696 bits per heavy atom. The van der Waals surface area contributed by atoms with Crippen LogP contribution in [-0.4, -0.2) is 57.3 Å². The first-order chi connectivity index (χ1) is 21.8. The van der Waals surface area contributed by atoms with E-state index in [1.807, 2.05) is 24.3 Å². The minimum Gasteiger partial charge on any atom is -0.508 e. The molecule has 0 saturated heterocycles. The van der Waals surface area contributed by atoms with Gasteiger partial charge in [0.2, 0.25) is 0 Å². The number of hydrogen-bond acceptors (Lipinski definition) is 4. The van der Waals surface area contributed by atoms with Gasteiger partial charge in [-0.1, -0.05) is 96.6 Å². The van der Waals surface area contributed by atoms with Crippen LogP contribution in [-0.2, 0) is 5.41 Å². The van der Waals surface area contributed by atoms with E-state index in [2.05, 4.69) is 145 Å². The number of aromatic hydroxyl groups is 2. The molecule has 3 unspecified atom stereocenters. The zero-order valence-corrected chi connectivity index (χ0v) is 29.5. The predicted molar refractivity (Wildman–Crippen MR) is 194 cm³/mol. The maximum absolute atomic E-state index is 11.9. The summed E-state index contributed by atoms with van der Waals surface area (Å²) in [5.41, 5.74) is 4.55. The average molecular weight is 621 g/mol. The van der Waals surface area contributed by atoms with E-state index in [9.17, 15) is 10.2 Å². The molecule has 0 amide bonds. The average Bonchev–Trinajstić information content (AvgIpc) is 3.02. The second-order valence-electron chi connectivity index (χ2n) is 14.6. The highest BCUT2D eigenvalue weighted by Gasteiger charge is 2.48. The summed E-state index contributed by atoms with van der Waals surface area (Å²) in [7, 11) is 2.24. The van der Waals surface area contributed by atoms with Crippen molar-refractivity contribution in [3.05, 3.63) is 131 Å². The summed E-state index contributed by atoms with van der Waals surface area (Å²) in [6, 6.07) is 35.9. The van der Waals surface area contributed by atoms with E-state index in [0.717, 1.165) is 41.6 Å². The van der Waals surface area contributed by atoms with Crippen LogP contribution in [0.15, 0.2) is 103 Å². The zero-order valence-electron chi connectivity index (χ0n) is 29.5. The summed E-state index contributed by atoms with van der Waals surface area (Å²) in [4.78, 5) is 5.09. The van der Waals surface area contributed by atoms with E-state index in [1.54, 1.807) is 6.07 Å². The molecule has 0 aliphatic carbocycles. The molecule has 0 fully saturated rings. The molecule has 4 aromatic rings. The van der Waals surface area contributed by atoms with Crippen LogP contribution in [0, 0.1) is 6.92 Å². The van der Waals surface area contributed by atoms with E-state index in [0.29, 0.717) is 23.6 Å². The van der Waals surface area contributed by atoms with Crippen LogP contribution in [0.5, 0.6) is 11.5 Å². The lowest BCUT2D eigenvalue weighted by Crippen LogP contribution is -2.57. The first-order valence-corrected chi connectivity index (χ1v) is 16.9. The van der Waals surface area contributed by atoms with Gasteiger partial charge in [0.05, 0.1) is 0 Å². The molecule has 0 heterocycles. The smallest absolute Gasteiger partial charge is 0.119 e. The quantitative estimate of drug-likeness (QED) is 0.156. The van der Waals surface area contributed by atoms with E-state index in [-0.39, 0.29) is 17.5 Å². The van der Waals surface area contributed by atoms with Crippen LogP contribution in [0.4, 0.5) is 0 Å². The fraction of sp³-hybridized carbons (Fsp3) is 0.429. The first kappa shape index (κ1) is 35.3. The van der Waals surface area contributed by atoms with Crippen molar-refractivity contribution in [2.45, 2.75) is 103 Å². The molecule has 0 aliphatic rings. The zero-order chi connectivity index (χ0) is 33.6. The lowest BCUT2D eigenvalue weighted by molar-refractivity contribution is 0.0520. The van der Waals surface area contributed by atoms with E-state index in [1.165, 1.54) is 5.56 Å². The molecule has 0 saturated carbocycles. The number of hydrogen-bond donors (Lipinski definition) is 2. The van der Waals surface area contributed by atoms with Crippen LogP contribution >= 0.6 is 0 Å². The molecule has 4 heteroatoms. The van der Waals surface area contributed by atoms with Crippen LogP contribution < -0.4 is 0 Å². The maximum atomic E-state index is 11.9. The number of benzene rings is 4. The number of aryl methyl sites for hydroxylation is 1. The van der Waals surface area contributed by atoms with Crippen molar-refractivity contribution in [1.29, 1.82) is 0 Å². The number of para-hydroxylation sites is 1. The molecule has 246 valence electrons. The van der Waals surface area contributed by atoms with Gasteiger partial charge >= 0.3 is 0 Å². The highest BCUT2D eigenvalue weighted by molar-refractivity contribution is 5.51. The molecule has 0 radical (unpaired) electrons. The van der Waals surface area contributed by atoms with Gasteiger partial charge in [-0.2, -0.15) is 0 Å². The van der Waals surface area contributed by atoms with Crippen molar-refractivity contribution >= 4 is 0 Å². The first-order valence-electron chi connectivity index (χ1n) is 16.9. The summed E-state index contributed by atoms with van der Waals surface area (Å²) in [6.45, 7) is 18.9. The third kappa shape index (κ3) is 7.67. The van der Waals surface area contributed by atoms with E-state index < -0.39 is 5.41 Å². The Balaban J connectivity index is 2.09. The molecule has 4 nitrogen and oxygen atoms in total. The SMILES string of the molecule is Cc1ccc(O)c(C(CCN(C(C)C)C(C)C)(c2ccccc2)C(CC(c2ccccc2)c2ccccc2O)N(C)C(C)(C)C)c1. The van der Waals surface area contributed by atoms with Crippen molar-refractivity contribution in [3.8, 4) is 11.5 Å². The van der Waals surface area contributed by atoms with Crippen molar-refractivity contribution in [2.24, 2.45) is 0 Å². The topological polar surface area (TPSA) is 46.9 Å². The normalized spacial score (nSPS) is 15.0. The molecule has 46 heavy (non-hydrogen) atoms. The third-order valence-corrected chi connectivity index (χ3v) is 10.1. The summed E-state index contributed by atoms with van der Waals surface area (Å²) in [6.07, 6.45) is 1.53. The Hall–Kier alpha value is -3.60. The molecule has 0 aromatic heterocycles. The van der Waals surface area contributed by atoms with Gasteiger partial charge in [-0.25, -0.2) is 0 Å². The highest BCUT2D eigenvalue weighted by Crippen LogP contribution is 2.50. The highest BCUT2D eigenvalue weighted by atomic mass is 16.3. The summed E-state index contributed by atoms with van der Waals surface area (Å²) in [5, 5.41) is 23.2. The molecule has 0 aliphatic heterocycles. The third-order valence-electron chi connectivity index (χ3n) is 10.1. The van der Waals surface area contributed by atoms with Crippen LogP contribution in [0.25, 0.3) is 0 Å². The van der Waals surface area contributed by atoms with Crippen molar-refractivity contribution in [3.63, 3.8) is 0 Å². The largest absolute Gasteiger partial charge is 0.508 e. The van der Waals surface area contributed by atoms with Gasteiger partial charge in [0, 0.05) is 46.1 Å². The van der Waals surface area contributed by atoms with Gasteiger partial charge in [0.1, 0.15) is 11.5 Å². The van der Waals surface area contributed by atoms with Crippen molar-refractivity contribution in [2.75, 3.05) is 13.6 Å². The van der Waals surface area contributed by atoms with Crippen LogP contribution in [0.3, 0.4) is 0 Å². The fourth-order valence-corrected chi connectivity index (χ4v) is 7.42. The molecular formula is C42H56N2O2. The van der Waals surface area contributed by atoms with Gasteiger partial charge in [0.15, 0.2) is 0 Å². The lowest BCUT2D eigenvalue weighted by atomic mass is 9.62. The molecule has 4 aromatic carbocycles. The Bertz CT molecular complexity index is 1520. The Morgan fingerprint density at radius 3 is 1.83 bits per heavy atom. The van der Waals surface area contributed by atoms with Gasteiger partial charge in [-0.3, -0.25) is 9.80 Å². The molecule has 0 spiro atoms. The fourth-order valence-electron chi connectivity index (χ4n) is 7.42. The Kier molecular flexibility index (Phi) is 11.4. The van der Waals surface area contributed by atoms with Gasteiger partial charge in [-0.15, -0.1) is 0 Å². The van der Waals surface area contributed by atoms with E-state index in [4.69, 9.17) is 0 Å². The minimum absolute atomic E-state index is 0.0754. The number of nitrogens with zero attached hydrogens (tertiary/aromatic N) is 2. The number of likely N-dealkylation sites (N-methyl/N-ethyl adjacent to an activating group) is 1. The van der Waals surface area contributed by atoms with Crippen LogP contribution in [0.2, 0.25) is 0 Å². The van der Waals surface area contributed by atoms with Crippen molar-refractivity contribution in [1.82, 2.24) is 9.80 Å². The molecule has 4 rings (SSSR count). The van der Waals surface area contributed by atoms with Crippen molar-refractivity contribution < 1.29 is 10.2 Å². The number of phenols is 2. The molecule has 2 N–H and O–H groups in total. The predicted octanol–water partition coefficient (Wildman–Crippen LogP) is 9.52. The summed E-state index contributed by atoms with van der Waals surface area (Å²) < 4.78 is 0. The molecule has 3 atom stereocenters. The summed E-state index contributed by atoms with van der Waals surface area (Å²) in [5.74, 6) is 0.544. The van der Waals surface area contributed by atoms with Crippen LogP contribution in [0.1, 0.15) is 95.0 Å². The second kappa shape index (κ2) is 14.9. The van der Waals surface area contributed by atoms with E-state index >= 15 is 0 Å². The molecular weight excluding hydrogens is 564 g/mol. The Labute approximate surface area is 278 Å². The monoisotopic (exact) mass is 620 g/mol. The maximum Gasteiger partial charge on any atom is 0.119 e. The number of rotatable bonds is 13. The standard InChI is InChI=1S/C42H56N2O2/c1-30(2)44(31(3)4)27-26-42(34-20-14-11-15-21-34,37-28-32(5)24-25-39(37)46)40(43(9)41(6,7)8)29-36(33-18-12-10-13-19-33)35-22-16-17-23-38(35)45/h10-25,28,30-31,36,40,45-46H,26-27,29H2,1-9H3. The molecule has 0 bridgehead atoms. The number of phenolic OH excluding ortho intramolecular Hbond substituents is 2. The lowest BCUT2D eigenvalue weighted by Gasteiger charge is -2.52. The second-order valence-corrected chi connectivity index (χ2v) is 14.6. The summed E-state index contributed by atoms with van der Waals surface area (Å²) >= 11 is 0. The van der Waals surface area contributed by atoms with Gasteiger partial charge in [-0.05, 0) is 105 Å². The van der Waals surface area contributed by atoms with Gasteiger partial charge in [0.25, 0.3) is 0 Å². The minimum atomic E-state index is -0.598. The van der Waals surface area contributed by atoms with Gasteiger partial charge < -0.3 is 10.2 Å². The Morgan fingerprint density at radius 2 is 1.26 bits per heavy atom.